The molecule has 1 heterocycles. The van der Waals surface area contributed by atoms with Crippen molar-refractivity contribution in [1.29, 1.82) is 0 Å². The van der Waals surface area contributed by atoms with E-state index < -0.39 is 5.97 Å². The molecule has 0 atom stereocenters. The number of carbonyl (C=O) groups is 2. The molecule has 0 saturated carbocycles. The van der Waals surface area contributed by atoms with Gasteiger partial charge in [0.15, 0.2) is 0 Å². The molecule has 0 unspecified atom stereocenters. The molecule has 0 aromatic heterocycles. The molecule has 0 aliphatic carbocycles. The summed E-state index contributed by atoms with van der Waals surface area (Å²) in [6.45, 7) is 3.95. The first-order valence-corrected chi connectivity index (χ1v) is 9.03. The van der Waals surface area contributed by atoms with E-state index >= 15 is 0 Å². The molecule has 1 amide bonds. The van der Waals surface area contributed by atoms with Gasteiger partial charge in [0, 0.05) is 16.8 Å². The summed E-state index contributed by atoms with van der Waals surface area (Å²) in [7, 11) is 0. The molecule has 28 heavy (non-hydrogen) atoms. The van der Waals surface area contributed by atoms with Crippen molar-refractivity contribution < 1.29 is 14.3 Å². The first kappa shape index (κ1) is 17.7. The minimum atomic E-state index is -0.463. The summed E-state index contributed by atoms with van der Waals surface area (Å²) in [6, 6.07) is 25.2. The number of carbonyl (C=O) groups excluding carboxylic acids is 2. The maximum absolute atomic E-state index is 12.4. The Hall–Kier alpha value is -3.66. The summed E-state index contributed by atoms with van der Waals surface area (Å²) in [5.74, 6) is -0.681. The van der Waals surface area contributed by atoms with Crippen LogP contribution in [0.1, 0.15) is 21.5 Å². The van der Waals surface area contributed by atoms with Crippen LogP contribution in [0.5, 0.6) is 0 Å². The van der Waals surface area contributed by atoms with Crippen LogP contribution in [-0.4, -0.2) is 23.3 Å². The van der Waals surface area contributed by atoms with Gasteiger partial charge in [0.05, 0.1) is 0 Å². The number of amides is 1. The summed E-state index contributed by atoms with van der Waals surface area (Å²) in [4.78, 5) is 26.1. The summed E-state index contributed by atoms with van der Waals surface area (Å²) in [6.07, 6.45) is 0. The smallest absolute Gasteiger partial charge is 0.326 e. The number of hydrogen-bond acceptors (Lipinski definition) is 3. The quantitative estimate of drug-likeness (QED) is 0.621. The fourth-order valence-electron chi connectivity index (χ4n) is 3.26. The molecule has 138 valence electrons. The number of fused-ring (bicyclic) bond motifs is 1. The van der Waals surface area contributed by atoms with Crippen molar-refractivity contribution in [2.75, 3.05) is 6.54 Å². The Kier molecular flexibility index (Phi) is 4.77. The molecule has 0 N–H and O–H groups in total. The second kappa shape index (κ2) is 7.53. The average molecular weight is 369 g/mol. The third-order valence-electron chi connectivity index (χ3n) is 4.79. The summed E-state index contributed by atoms with van der Waals surface area (Å²) < 4.78 is 5.36. The van der Waals surface area contributed by atoms with Crippen molar-refractivity contribution in [3.05, 3.63) is 102 Å². The van der Waals surface area contributed by atoms with Crippen LogP contribution in [0.3, 0.4) is 0 Å². The number of rotatable bonds is 5. The number of benzene rings is 3. The van der Waals surface area contributed by atoms with Gasteiger partial charge in [-0.1, -0.05) is 79.4 Å². The maximum atomic E-state index is 12.4. The molecule has 4 nitrogen and oxygen atoms in total. The monoisotopic (exact) mass is 369 g/mol. The van der Waals surface area contributed by atoms with E-state index in [1.54, 1.807) is 12.1 Å². The van der Waals surface area contributed by atoms with E-state index in [0.29, 0.717) is 11.3 Å². The zero-order chi connectivity index (χ0) is 19.5. The van der Waals surface area contributed by atoms with E-state index in [4.69, 9.17) is 4.74 Å². The molecule has 1 aliphatic heterocycles. The highest BCUT2D eigenvalue weighted by atomic mass is 16.5. The van der Waals surface area contributed by atoms with Crippen molar-refractivity contribution >= 4 is 17.6 Å². The predicted molar refractivity (Wildman–Crippen MR) is 108 cm³/mol. The van der Waals surface area contributed by atoms with Gasteiger partial charge in [-0.25, -0.2) is 0 Å². The average Bonchev–Trinajstić information content (AvgIpc) is 2.98. The lowest BCUT2D eigenvalue weighted by Crippen LogP contribution is -2.30. The van der Waals surface area contributed by atoms with Crippen LogP contribution in [0.4, 0.5) is 0 Å². The number of esters is 1. The molecule has 0 spiro atoms. The molecule has 3 aromatic carbocycles. The molecule has 0 radical (unpaired) electrons. The molecule has 4 rings (SSSR count). The van der Waals surface area contributed by atoms with Crippen LogP contribution in [0, 0.1) is 0 Å². The van der Waals surface area contributed by atoms with Gasteiger partial charge in [-0.15, -0.1) is 0 Å². The summed E-state index contributed by atoms with van der Waals surface area (Å²) in [5.41, 5.74) is 4.99. The molecule has 4 heteroatoms. The molecule has 0 fully saturated rings. The number of ether oxygens (including phenoxy) is 1. The fraction of sp³-hybridized carbons (Fsp3) is 0.0833. The SMILES string of the molecule is C=C1c2ccccc2C(=O)N1CC(=O)OCc1ccc(-c2ccccc2)cc1. The largest absolute Gasteiger partial charge is 0.459 e. The van der Waals surface area contributed by atoms with E-state index in [0.717, 1.165) is 22.3 Å². The normalized spacial score (nSPS) is 12.8. The second-order valence-electron chi connectivity index (χ2n) is 6.61. The van der Waals surface area contributed by atoms with Crippen LogP contribution in [0.25, 0.3) is 16.8 Å². The topological polar surface area (TPSA) is 46.6 Å². The lowest BCUT2D eigenvalue weighted by atomic mass is 10.0. The number of hydrogen-bond donors (Lipinski definition) is 0. The summed E-state index contributed by atoms with van der Waals surface area (Å²) in [5, 5.41) is 0. The van der Waals surface area contributed by atoms with E-state index in [1.807, 2.05) is 66.7 Å². The van der Waals surface area contributed by atoms with E-state index in [1.165, 1.54) is 4.90 Å². The van der Waals surface area contributed by atoms with Gasteiger partial charge in [0.25, 0.3) is 5.91 Å². The Morgan fingerprint density at radius 1 is 0.821 bits per heavy atom. The zero-order valence-corrected chi connectivity index (χ0v) is 15.3. The molecule has 3 aromatic rings. The highest BCUT2D eigenvalue weighted by Gasteiger charge is 2.32. The van der Waals surface area contributed by atoms with Crippen LogP contribution in [0.15, 0.2) is 85.4 Å². The molecule has 0 bridgehead atoms. The standard InChI is InChI=1S/C24H19NO3/c1-17-21-9-5-6-10-22(21)24(27)25(17)15-23(26)28-16-18-11-13-20(14-12-18)19-7-3-2-4-8-19/h2-14H,1,15-16H2. The van der Waals surface area contributed by atoms with Gasteiger partial charge in [-0.05, 0) is 22.8 Å². The van der Waals surface area contributed by atoms with E-state index in [2.05, 4.69) is 6.58 Å². The van der Waals surface area contributed by atoms with Crippen LogP contribution in [-0.2, 0) is 16.1 Å². The van der Waals surface area contributed by atoms with Gasteiger partial charge in [-0.2, -0.15) is 0 Å². The van der Waals surface area contributed by atoms with Gasteiger partial charge in [0.1, 0.15) is 13.2 Å². The molecular formula is C24H19NO3. The van der Waals surface area contributed by atoms with Crippen molar-refractivity contribution in [3.8, 4) is 11.1 Å². The Bertz CT molecular complexity index is 1000. The molecular weight excluding hydrogens is 350 g/mol. The zero-order valence-electron chi connectivity index (χ0n) is 15.3. The van der Waals surface area contributed by atoms with E-state index in [9.17, 15) is 9.59 Å². The third kappa shape index (κ3) is 3.45. The lowest BCUT2D eigenvalue weighted by molar-refractivity contribution is -0.145. The highest BCUT2D eigenvalue weighted by Crippen LogP contribution is 2.30. The lowest BCUT2D eigenvalue weighted by Gasteiger charge is -2.16. The minimum absolute atomic E-state index is 0.144. The van der Waals surface area contributed by atoms with Gasteiger partial charge >= 0.3 is 5.97 Å². The highest BCUT2D eigenvalue weighted by molar-refractivity contribution is 6.10. The van der Waals surface area contributed by atoms with Crippen LogP contribution >= 0.6 is 0 Å². The Balaban J connectivity index is 1.35. The maximum Gasteiger partial charge on any atom is 0.326 e. The molecule has 1 aliphatic rings. The van der Waals surface area contributed by atoms with Crippen LogP contribution < -0.4 is 0 Å². The Morgan fingerprint density at radius 3 is 2.11 bits per heavy atom. The third-order valence-corrected chi connectivity index (χ3v) is 4.79. The van der Waals surface area contributed by atoms with Crippen molar-refractivity contribution in [1.82, 2.24) is 4.90 Å². The predicted octanol–water partition coefficient (Wildman–Crippen LogP) is 4.52. The van der Waals surface area contributed by atoms with Crippen molar-refractivity contribution in [2.45, 2.75) is 6.61 Å². The minimum Gasteiger partial charge on any atom is -0.459 e. The van der Waals surface area contributed by atoms with Crippen LogP contribution in [0.2, 0.25) is 0 Å². The Labute approximate surface area is 163 Å². The first-order chi connectivity index (χ1) is 13.6. The molecule has 0 saturated heterocycles. The van der Waals surface area contributed by atoms with Gasteiger partial charge in [0.2, 0.25) is 0 Å². The van der Waals surface area contributed by atoms with Gasteiger partial charge < -0.3 is 4.74 Å². The van der Waals surface area contributed by atoms with E-state index in [-0.39, 0.29) is 19.1 Å². The van der Waals surface area contributed by atoms with Crippen molar-refractivity contribution in [2.24, 2.45) is 0 Å². The number of nitrogens with zero attached hydrogens (tertiary/aromatic N) is 1. The fourth-order valence-corrected chi connectivity index (χ4v) is 3.26. The van der Waals surface area contributed by atoms with Crippen molar-refractivity contribution in [3.63, 3.8) is 0 Å². The summed E-state index contributed by atoms with van der Waals surface area (Å²) >= 11 is 0. The first-order valence-electron chi connectivity index (χ1n) is 9.03. The Morgan fingerprint density at radius 2 is 1.43 bits per heavy atom. The second-order valence-corrected chi connectivity index (χ2v) is 6.61. The van der Waals surface area contributed by atoms with Gasteiger partial charge in [-0.3, -0.25) is 14.5 Å².